The zero-order valence-corrected chi connectivity index (χ0v) is 8.59. The molecule has 13 heavy (non-hydrogen) atoms. The van der Waals surface area contributed by atoms with Crippen molar-refractivity contribution in [1.29, 1.82) is 0 Å². The summed E-state index contributed by atoms with van der Waals surface area (Å²) >= 11 is 6.01. The lowest BCUT2D eigenvalue weighted by Gasteiger charge is -2.07. The van der Waals surface area contributed by atoms with Crippen LogP contribution in [0.3, 0.4) is 0 Å². The fourth-order valence-corrected chi connectivity index (χ4v) is 1.27. The summed E-state index contributed by atoms with van der Waals surface area (Å²) < 4.78 is 0. The van der Waals surface area contributed by atoms with Crippen molar-refractivity contribution < 1.29 is 0 Å². The second kappa shape index (κ2) is 5.07. The SMILES string of the molecule is CCC(Cl)CCc1cnccc1N. The average Bonchev–Trinajstić information content (AvgIpc) is 2.16. The van der Waals surface area contributed by atoms with Crippen LogP contribution in [-0.4, -0.2) is 10.4 Å². The molecule has 1 atom stereocenters. The number of hydrogen-bond donors (Lipinski definition) is 1. The van der Waals surface area contributed by atoms with Crippen LogP contribution < -0.4 is 5.73 Å². The van der Waals surface area contributed by atoms with Gasteiger partial charge in [0.1, 0.15) is 0 Å². The van der Waals surface area contributed by atoms with Crippen LogP contribution >= 0.6 is 11.6 Å². The first kappa shape index (κ1) is 10.3. The summed E-state index contributed by atoms with van der Waals surface area (Å²) in [5, 5.41) is 0.250. The number of hydrogen-bond acceptors (Lipinski definition) is 2. The molecule has 2 N–H and O–H groups in total. The molecule has 1 aromatic rings. The van der Waals surface area contributed by atoms with Crippen LogP contribution in [0.1, 0.15) is 25.3 Å². The van der Waals surface area contributed by atoms with Crippen molar-refractivity contribution in [1.82, 2.24) is 4.98 Å². The first-order valence-corrected chi connectivity index (χ1v) is 5.00. The van der Waals surface area contributed by atoms with E-state index in [0.29, 0.717) is 0 Å². The van der Waals surface area contributed by atoms with Gasteiger partial charge in [-0.15, -0.1) is 11.6 Å². The molecule has 2 nitrogen and oxygen atoms in total. The Balaban J connectivity index is 2.50. The van der Waals surface area contributed by atoms with Gasteiger partial charge in [-0.2, -0.15) is 0 Å². The van der Waals surface area contributed by atoms with Crippen LogP contribution in [0.15, 0.2) is 18.5 Å². The molecule has 0 aromatic carbocycles. The third-order valence-corrected chi connectivity index (χ3v) is 2.64. The van der Waals surface area contributed by atoms with Gasteiger partial charge in [0.2, 0.25) is 0 Å². The molecular weight excluding hydrogens is 184 g/mol. The summed E-state index contributed by atoms with van der Waals surface area (Å²) in [5.41, 5.74) is 7.68. The van der Waals surface area contributed by atoms with Crippen LogP contribution in [-0.2, 0) is 6.42 Å². The molecule has 1 heterocycles. The number of aromatic nitrogens is 1. The predicted molar refractivity (Wildman–Crippen MR) is 56.9 cm³/mol. The molecule has 0 aliphatic heterocycles. The maximum Gasteiger partial charge on any atom is 0.0377 e. The smallest absolute Gasteiger partial charge is 0.0377 e. The van der Waals surface area contributed by atoms with Crippen molar-refractivity contribution in [2.24, 2.45) is 0 Å². The van der Waals surface area contributed by atoms with E-state index in [2.05, 4.69) is 11.9 Å². The third-order valence-electron chi connectivity index (χ3n) is 2.11. The summed E-state index contributed by atoms with van der Waals surface area (Å²) in [6, 6.07) is 1.82. The van der Waals surface area contributed by atoms with Crippen LogP contribution in [0.25, 0.3) is 0 Å². The standard InChI is InChI=1S/C10H15ClN2/c1-2-9(11)4-3-8-7-13-6-5-10(8)12/h5-7,9H,2-4H2,1H3,(H2,12,13). The molecule has 0 saturated carbocycles. The Labute approximate surface area is 84.1 Å². The van der Waals surface area contributed by atoms with Crippen LogP contribution in [0, 0.1) is 0 Å². The van der Waals surface area contributed by atoms with Gasteiger partial charge in [0.05, 0.1) is 0 Å². The van der Waals surface area contributed by atoms with Crippen molar-refractivity contribution in [3.05, 3.63) is 24.0 Å². The van der Waals surface area contributed by atoms with Crippen LogP contribution in [0.2, 0.25) is 0 Å². The van der Waals surface area contributed by atoms with Gasteiger partial charge in [0.15, 0.2) is 0 Å². The highest BCUT2D eigenvalue weighted by molar-refractivity contribution is 6.20. The van der Waals surface area contributed by atoms with E-state index in [4.69, 9.17) is 17.3 Å². The number of nitrogens with two attached hydrogens (primary N) is 1. The van der Waals surface area contributed by atoms with Gasteiger partial charge in [-0.25, -0.2) is 0 Å². The van der Waals surface area contributed by atoms with E-state index in [-0.39, 0.29) is 5.38 Å². The Kier molecular flexibility index (Phi) is 4.03. The highest BCUT2D eigenvalue weighted by Crippen LogP contribution is 2.15. The normalized spacial score (nSPS) is 12.8. The Morgan fingerprint density at radius 2 is 2.38 bits per heavy atom. The van der Waals surface area contributed by atoms with Gasteiger partial charge >= 0.3 is 0 Å². The zero-order valence-electron chi connectivity index (χ0n) is 7.83. The molecule has 1 rings (SSSR count). The van der Waals surface area contributed by atoms with E-state index in [0.717, 1.165) is 30.5 Å². The molecular formula is C10H15ClN2. The molecule has 0 bridgehead atoms. The number of halogens is 1. The molecule has 0 radical (unpaired) electrons. The van der Waals surface area contributed by atoms with Gasteiger partial charge in [0.25, 0.3) is 0 Å². The number of alkyl halides is 1. The Morgan fingerprint density at radius 3 is 3.00 bits per heavy atom. The predicted octanol–water partition coefficient (Wildman–Crippen LogP) is 2.61. The highest BCUT2D eigenvalue weighted by Gasteiger charge is 2.03. The largest absolute Gasteiger partial charge is 0.398 e. The number of anilines is 1. The van der Waals surface area contributed by atoms with Crippen LogP contribution in [0.4, 0.5) is 5.69 Å². The minimum atomic E-state index is 0.250. The van der Waals surface area contributed by atoms with Gasteiger partial charge in [-0.1, -0.05) is 6.92 Å². The zero-order chi connectivity index (χ0) is 9.68. The maximum absolute atomic E-state index is 6.01. The fourth-order valence-electron chi connectivity index (χ4n) is 1.16. The molecule has 0 aliphatic carbocycles. The summed E-state index contributed by atoms with van der Waals surface area (Å²) in [7, 11) is 0. The van der Waals surface area contributed by atoms with E-state index < -0.39 is 0 Å². The average molecular weight is 199 g/mol. The Morgan fingerprint density at radius 1 is 1.62 bits per heavy atom. The Hall–Kier alpha value is -0.760. The van der Waals surface area contributed by atoms with E-state index in [9.17, 15) is 0 Å². The molecule has 0 spiro atoms. The minimum Gasteiger partial charge on any atom is -0.398 e. The number of nitrogen functional groups attached to an aromatic ring is 1. The lowest BCUT2D eigenvalue weighted by molar-refractivity contribution is 0.726. The molecule has 0 fully saturated rings. The summed E-state index contributed by atoms with van der Waals surface area (Å²) in [6.45, 7) is 2.09. The summed E-state index contributed by atoms with van der Waals surface area (Å²) in [5.74, 6) is 0. The number of aryl methyl sites for hydroxylation is 1. The van der Waals surface area contributed by atoms with Gasteiger partial charge in [-0.3, -0.25) is 4.98 Å². The molecule has 0 amide bonds. The van der Waals surface area contributed by atoms with E-state index in [1.54, 1.807) is 6.20 Å². The molecule has 1 unspecified atom stereocenters. The number of pyridine rings is 1. The third kappa shape index (κ3) is 3.23. The van der Waals surface area contributed by atoms with Crippen molar-refractivity contribution in [2.45, 2.75) is 31.6 Å². The van der Waals surface area contributed by atoms with Gasteiger partial charge < -0.3 is 5.73 Å². The quantitative estimate of drug-likeness (QED) is 0.756. The molecule has 0 aliphatic rings. The monoisotopic (exact) mass is 198 g/mol. The molecule has 72 valence electrons. The number of rotatable bonds is 4. The highest BCUT2D eigenvalue weighted by atomic mass is 35.5. The van der Waals surface area contributed by atoms with Crippen molar-refractivity contribution in [3.63, 3.8) is 0 Å². The lowest BCUT2D eigenvalue weighted by Crippen LogP contribution is -2.01. The Bertz CT molecular complexity index is 263. The second-order valence-corrected chi connectivity index (χ2v) is 3.74. The van der Waals surface area contributed by atoms with Crippen molar-refractivity contribution in [3.8, 4) is 0 Å². The second-order valence-electron chi connectivity index (χ2n) is 3.12. The summed E-state index contributed by atoms with van der Waals surface area (Å²) in [4.78, 5) is 4.03. The van der Waals surface area contributed by atoms with Crippen molar-refractivity contribution in [2.75, 3.05) is 5.73 Å². The molecule has 0 saturated heterocycles. The number of nitrogens with zero attached hydrogens (tertiary/aromatic N) is 1. The van der Waals surface area contributed by atoms with Gasteiger partial charge in [0, 0.05) is 23.5 Å². The van der Waals surface area contributed by atoms with Crippen molar-refractivity contribution >= 4 is 17.3 Å². The maximum atomic E-state index is 6.01. The lowest BCUT2D eigenvalue weighted by atomic mass is 10.1. The molecule has 3 heteroatoms. The van der Waals surface area contributed by atoms with Gasteiger partial charge in [-0.05, 0) is 30.9 Å². The first-order valence-electron chi connectivity index (χ1n) is 4.56. The topological polar surface area (TPSA) is 38.9 Å². The van der Waals surface area contributed by atoms with E-state index >= 15 is 0 Å². The minimum absolute atomic E-state index is 0.250. The van der Waals surface area contributed by atoms with E-state index in [1.165, 1.54) is 0 Å². The first-order chi connectivity index (χ1) is 6.24. The fraction of sp³-hybridized carbons (Fsp3) is 0.500. The van der Waals surface area contributed by atoms with E-state index in [1.807, 2.05) is 12.3 Å². The van der Waals surface area contributed by atoms with Crippen LogP contribution in [0.5, 0.6) is 0 Å². The summed E-state index contributed by atoms with van der Waals surface area (Å²) in [6.07, 6.45) is 6.41. The molecule has 1 aromatic heterocycles.